The van der Waals surface area contributed by atoms with Crippen LogP contribution >= 0.6 is 0 Å². The highest BCUT2D eigenvalue weighted by Gasteiger charge is 2.19. The molecule has 0 unspecified atom stereocenters. The van der Waals surface area contributed by atoms with Crippen LogP contribution in [0, 0.1) is 0 Å². The van der Waals surface area contributed by atoms with Crippen LogP contribution in [0.15, 0.2) is 0 Å². The fourth-order valence-electron chi connectivity index (χ4n) is 0.534. The van der Waals surface area contributed by atoms with Gasteiger partial charge in [-0.2, -0.15) is 16.8 Å². The van der Waals surface area contributed by atoms with E-state index in [0.717, 1.165) is 0 Å². The van der Waals surface area contributed by atoms with Gasteiger partial charge in [0.15, 0.2) is 0 Å². The molecule has 0 saturated carbocycles. The Morgan fingerprint density at radius 3 is 1.33 bits per heavy atom. The van der Waals surface area contributed by atoms with Gasteiger partial charge in [0.05, 0.1) is 6.10 Å². The summed E-state index contributed by atoms with van der Waals surface area (Å²) in [6.07, 6.45) is -1.82. The number of aliphatic hydroxyl groups is 1. The number of hydrogen-bond donors (Lipinski definition) is 3. The summed E-state index contributed by atoms with van der Waals surface area (Å²) in [7, 11) is -8.84. The van der Waals surface area contributed by atoms with Crippen LogP contribution in [0.1, 0.15) is 0 Å². The summed E-state index contributed by atoms with van der Waals surface area (Å²) in [6, 6.07) is 0. The number of hydrogen-bond acceptors (Lipinski definition) is 5. The SMILES string of the molecule is O=S(=O)(O)CC(O)CS(=O)(=O)O. The molecule has 0 fully saturated rings. The highest BCUT2D eigenvalue weighted by atomic mass is 32.2. The van der Waals surface area contributed by atoms with Gasteiger partial charge in [0.1, 0.15) is 11.5 Å². The summed E-state index contributed by atoms with van der Waals surface area (Å²) in [5.74, 6) is -2.24. The molecule has 0 amide bonds. The lowest BCUT2D eigenvalue weighted by Gasteiger charge is -2.04. The second-order valence-corrected chi connectivity index (χ2v) is 5.15. The van der Waals surface area contributed by atoms with Crippen molar-refractivity contribution in [1.82, 2.24) is 0 Å². The Bertz CT molecular complexity index is 290. The quantitative estimate of drug-likeness (QED) is 0.473. The Balaban J connectivity index is 4.19. The molecule has 0 aromatic rings. The summed E-state index contributed by atoms with van der Waals surface area (Å²) < 4.78 is 56.4. The van der Waals surface area contributed by atoms with E-state index in [4.69, 9.17) is 14.2 Å². The van der Waals surface area contributed by atoms with Gasteiger partial charge in [-0.1, -0.05) is 0 Å². The van der Waals surface area contributed by atoms with Crippen molar-refractivity contribution in [2.75, 3.05) is 11.5 Å². The van der Waals surface area contributed by atoms with Crippen LogP contribution in [-0.4, -0.2) is 48.7 Å². The summed E-state index contributed by atoms with van der Waals surface area (Å²) in [6.45, 7) is 0. The molecule has 0 saturated heterocycles. The lowest BCUT2D eigenvalue weighted by Crippen LogP contribution is -2.27. The molecule has 9 heteroatoms. The molecule has 0 heterocycles. The standard InChI is InChI=1S/C3H8O7S2/c4-3(1-11(5,6)7)2-12(8,9)10/h3-4H,1-2H2,(H,5,6,7)(H,8,9,10). The molecular formula is C3H8O7S2. The van der Waals surface area contributed by atoms with E-state index in [1.54, 1.807) is 0 Å². The van der Waals surface area contributed by atoms with E-state index in [-0.39, 0.29) is 0 Å². The van der Waals surface area contributed by atoms with Gasteiger partial charge in [-0.05, 0) is 0 Å². The minimum Gasteiger partial charge on any atom is -0.391 e. The lowest BCUT2D eigenvalue weighted by molar-refractivity contribution is 0.215. The lowest BCUT2D eigenvalue weighted by atomic mass is 10.5. The molecule has 0 aromatic heterocycles. The van der Waals surface area contributed by atoms with Gasteiger partial charge < -0.3 is 5.11 Å². The highest BCUT2D eigenvalue weighted by Crippen LogP contribution is 1.94. The van der Waals surface area contributed by atoms with E-state index < -0.39 is 37.8 Å². The van der Waals surface area contributed by atoms with Crippen molar-refractivity contribution < 1.29 is 31.0 Å². The van der Waals surface area contributed by atoms with E-state index in [1.165, 1.54) is 0 Å². The molecule has 12 heavy (non-hydrogen) atoms. The van der Waals surface area contributed by atoms with Crippen molar-refractivity contribution >= 4 is 20.2 Å². The molecular weight excluding hydrogens is 212 g/mol. The molecule has 0 rings (SSSR count). The first kappa shape index (κ1) is 11.8. The number of aliphatic hydroxyl groups excluding tert-OH is 1. The van der Waals surface area contributed by atoms with E-state index in [9.17, 15) is 16.8 Å². The average Bonchev–Trinajstić information content (AvgIpc) is 1.49. The predicted molar refractivity (Wildman–Crippen MR) is 38.8 cm³/mol. The van der Waals surface area contributed by atoms with Crippen LogP contribution in [-0.2, 0) is 20.2 Å². The molecule has 3 N–H and O–H groups in total. The van der Waals surface area contributed by atoms with Crippen molar-refractivity contribution in [3.63, 3.8) is 0 Å². The van der Waals surface area contributed by atoms with Crippen LogP contribution in [0.4, 0.5) is 0 Å². The van der Waals surface area contributed by atoms with Gasteiger partial charge in [-0.25, -0.2) is 0 Å². The van der Waals surface area contributed by atoms with Gasteiger partial charge in [-0.15, -0.1) is 0 Å². The maximum absolute atomic E-state index is 10.0. The van der Waals surface area contributed by atoms with Crippen LogP contribution in [0.5, 0.6) is 0 Å². The van der Waals surface area contributed by atoms with Crippen molar-refractivity contribution in [3.8, 4) is 0 Å². The maximum Gasteiger partial charge on any atom is 0.267 e. The second kappa shape index (κ2) is 3.66. The minimum absolute atomic E-state index is 1.12. The fraction of sp³-hybridized carbons (Fsp3) is 1.00. The summed E-state index contributed by atoms with van der Waals surface area (Å²) in [5.41, 5.74) is 0. The molecule has 0 radical (unpaired) electrons. The number of rotatable bonds is 4. The Labute approximate surface area is 69.5 Å². The van der Waals surface area contributed by atoms with Gasteiger partial charge in [0.25, 0.3) is 20.2 Å². The molecule has 0 atom stereocenters. The summed E-state index contributed by atoms with van der Waals surface area (Å²) >= 11 is 0. The molecule has 7 nitrogen and oxygen atoms in total. The van der Waals surface area contributed by atoms with E-state index in [0.29, 0.717) is 0 Å². The largest absolute Gasteiger partial charge is 0.391 e. The van der Waals surface area contributed by atoms with Gasteiger partial charge in [0, 0.05) is 0 Å². The molecule has 74 valence electrons. The Morgan fingerprint density at radius 2 is 1.17 bits per heavy atom. The van der Waals surface area contributed by atoms with Gasteiger partial charge in [-0.3, -0.25) is 9.11 Å². The van der Waals surface area contributed by atoms with Gasteiger partial charge >= 0.3 is 0 Å². The van der Waals surface area contributed by atoms with Crippen molar-refractivity contribution in [2.45, 2.75) is 6.10 Å². The van der Waals surface area contributed by atoms with Gasteiger partial charge in [0.2, 0.25) is 0 Å². The predicted octanol–water partition coefficient (Wildman–Crippen LogP) is -1.88. The van der Waals surface area contributed by atoms with Crippen LogP contribution in [0.25, 0.3) is 0 Å². The normalized spacial score (nSPS) is 13.7. The van der Waals surface area contributed by atoms with Crippen LogP contribution in [0.2, 0.25) is 0 Å². The first-order valence-electron chi connectivity index (χ1n) is 2.68. The molecule has 0 aliphatic carbocycles. The average molecular weight is 220 g/mol. The van der Waals surface area contributed by atoms with E-state index in [2.05, 4.69) is 0 Å². The summed E-state index contributed by atoms with van der Waals surface area (Å²) in [4.78, 5) is 0. The zero-order valence-corrected chi connectivity index (χ0v) is 7.42. The zero-order valence-electron chi connectivity index (χ0n) is 5.78. The van der Waals surface area contributed by atoms with Crippen molar-refractivity contribution in [1.29, 1.82) is 0 Å². The minimum atomic E-state index is -4.42. The molecule has 0 aromatic carbocycles. The third-order valence-corrected chi connectivity index (χ3v) is 2.42. The molecule has 0 aliphatic heterocycles. The van der Waals surface area contributed by atoms with Crippen molar-refractivity contribution in [3.05, 3.63) is 0 Å². The zero-order chi connectivity index (χ0) is 9.99. The summed E-state index contributed by atoms with van der Waals surface area (Å²) in [5, 5.41) is 8.64. The molecule has 0 spiro atoms. The van der Waals surface area contributed by atoms with E-state index in [1.807, 2.05) is 0 Å². The Morgan fingerprint density at radius 1 is 0.917 bits per heavy atom. The van der Waals surface area contributed by atoms with Crippen LogP contribution < -0.4 is 0 Å². The second-order valence-electron chi connectivity index (χ2n) is 2.15. The van der Waals surface area contributed by atoms with Crippen LogP contribution in [0.3, 0.4) is 0 Å². The highest BCUT2D eigenvalue weighted by molar-refractivity contribution is 7.86. The first-order chi connectivity index (χ1) is 5.10. The van der Waals surface area contributed by atoms with E-state index >= 15 is 0 Å². The Kier molecular flexibility index (Phi) is 3.59. The van der Waals surface area contributed by atoms with Crippen molar-refractivity contribution in [2.24, 2.45) is 0 Å². The third-order valence-electron chi connectivity index (χ3n) is 0.806. The molecule has 0 bridgehead atoms. The topological polar surface area (TPSA) is 129 Å². The third kappa shape index (κ3) is 7.88. The fourth-order valence-corrected chi connectivity index (χ4v) is 1.89. The Hall–Kier alpha value is -0.220. The molecule has 0 aliphatic rings. The smallest absolute Gasteiger partial charge is 0.267 e. The monoisotopic (exact) mass is 220 g/mol. The first-order valence-corrected chi connectivity index (χ1v) is 5.90. The maximum atomic E-state index is 10.0.